The Kier molecular flexibility index (Phi) is 7.00. The van der Waals surface area contributed by atoms with E-state index in [1.807, 2.05) is 19.9 Å². The summed E-state index contributed by atoms with van der Waals surface area (Å²) < 4.78 is 2.17. The Morgan fingerprint density at radius 3 is 2.42 bits per heavy atom. The monoisotopic (exact) mass is 375 g/mol. The van der Waals surface area contributed by atoms with Gasteiger partial charge in [0, 0.05) is 34.2 Å². The average Bonchev–Trinajstić information content (AvgIpc) is 2.85. The quantitative estimate of drug-likeness (QED) is 0.711. The first-order valence-corrected chi connectivity index (χ1v) is 9.13. The highest BCUT2D eigenvalue weighted by Gasteiger charge is 2.18. The summed E-state index contributed by atoms with van der Waals surface area (Å²) in [4.78, 5) is 26.5. The smallest absolute Gasteiger partial charge is 0.238 e. The van der Waals surface area contributed by atoms with Crippen LogP contribution in [0.5, 0.6) is 0 Å². The average molecular weight is 376 g/mol. The van der Waals surface area contributed by atoms with Crippen LogP contribution in [-0.2, 0) is 11.3 Å². The standard InChI is InChI=1S/C20H26ClN3O2/c1-5-10-24-14(2)11-18(15(24)3)19(25)12-23(4)13-20(26)22-17-8-6-16(21)7-9-17/h6-9,11H,5,10,12-13H2,1-4H3,(H,22,26). The highest BCUT2D eigenvalue weighted by Crippen LogP contribution is 2.17. The van der Waals surface area contributed by atoms with Crippen molar-refractivity contribution in [1.29, 1.82) is 0 Å². The first kappa shape index (κ1) is 20.2. The number of hydrogen-bond donors (Lipinski definition) is 1. The molecular weight excluding hydrogens is 350 g/mol. The molecule has 0 spiro atoms. The molecule has 2 aromatic rings. The van der Waals surface area contributed by atoms with Gasteiger partial charge in [-0.2, -0.15) is 0 Å². The number of rotatable bonds is 8. The number of hydrogen-bond acceptors (Lipinski definition) is 3. The zero-order chi connectivity index (χ0) is 19.3. The normalized spacial score (nSPS) is 11.0. The van der Waals surface area contributed by atoms with Crippen LogP contribution in [0.1, 0.15) is 35.1 Å². The van der Waals surface area contributed by atoms with Crippen LogP contribution < -0.4 is 5.32 Å². The van der Waals surface area contributed by atoms with Crippen LogP contribution in [0.15, 0.2) is 30.3 Å². The first-order chi connectivity index (χ1) is 12.3. The number of ketones is 1. The molecule has 0 atom stereocenters. The molecule has 0 saturated heterocycles. The highest BCUT2D eigenvalue weighted by atomic mass is 35.5. The van der Waals surface area contributed by atoms with Gasteiger partial charge in [-0.05, 0) is 57.6 Å². The first-order valence-electron chi connectivity index (χ1n) is 8.75. The Labute approximate surface area is 159 Å². The lowest BCUT2D eigenvalue weighted by Crippen LogP contribution is -2.34. The number of carbonyl (C=O) groups excluding carboxylic acids is 2. The van der Waals surface area contributed by atoms with E-state index in [9.17, 15) is 9.59 Å². The van der Waals surface area contributed by atoms with Gasteiger partial charge in [0.1, 0.15) is 0 Å². The van der Waals surface area contributed by atoms with Crippen molar-refractivity contribution in [3.05, 3.63) is 52.3 Å². The van der Waals surface area contributed by atoms with E-state index in [0.29, 0.717) is 10.7 Å². The molecule has 26 heavy (non-hydrogen) atoms. The van der Waals surface area contributed by atoms with Crippen LogP contribution in [0.4, 0.5) is 5.69 Å². The van der Waals surface area contributed by atoms with E-state index in [-0.39, 0.29) is 24.8 Å². The fraction of sp³-hybridized carbons (Fsp3) is 0.400. The molecule has 0 saturated carbocycles. The van der Waals surface area contributed by atoms with Crippen molar-refractivity contribution in [2.45, 2.75) is 33.7 Å². The van der Waals surface area contributed by atoms with Gasteiger partial charge in [0.05, 0.1) is 13.1 Å². The van der Waals surface area contributed by atoms with Crippen molar-refractivity contribution in [2.75, 3.05) is 25.5 Å². The topological polar surface area (TPSA) is 54.3 Å². The van der Waals surface area contributed by atoms with Gasteiger partial charge in [-0.15, -0.1) is 0 Å². The molecule has 5 nitrogen and oxygen atoms in total. The van der Waals surface area contributed by atoms with Crippen molar-refractivity contribution < 1.29 is 9.59 Å². The number of likely N-dealkylation sites (N-methyl/N-ethyl adjacent to an activating group) is 1. The second kappa shape index (κ2) is 9.01. The third kappa shape index (κ3) is 5.19. The number of benzene rings is 1. The van der Waals surface area contributed by atoms with Gasteiger partial charge in [0.2, 0.25) is 5.91 Å². The van der Waals surface area contributed by atoms with E-state index in [4.69, 9.17) is 11.6 Å². The van der Waals surface area contributed by atoms with Gasteiger partial charge in [-0.3, -0.25) is 14.5 Å². The SMILES string of the molecule is CCCn1c(C)cc(C(=O)CN(C)CC(=O)Nc2ccc(Cl)cc2)c1C. The third-order valence-corrected chi connectivity index (χ3v) is 4.53. The van der Waals surface area contributed by atoms with Crippen molar-refractivity contribution in [2.24, 2.45) is 0 Å². The summed E-state index contributed by atoms with van der Waals surface area (Å²) in [5.41, 5.74) is 3.51. The number of carbonyl (C=O) groups is 2. The van der Waals surface area contributed by atoms with Gasteiger partial charge < -0.3 is 9.88 Å². The maximum Gasteiger partial charge on any atom is 0.238 e. The number of aromatic nitrogens is 1. The van der Waals surface area contributed by atoms with Crippen LogP contribution in [0.25, 0.3) is 0 Å². The molecule has 2 rings (SSSR count). The van der Waals surface area contributed by atoms with Crippen LogP contribution in [0.2, 0.25) is 5.02 Å². The Bertz CT molecular complexity index is 781. The number of amides is 1. The molecule has 0 aliphatic carbocycles. The number of anilines is 1. The van der Waals surface area contributed by atoms with E-state index in [1.54, 1.807) is 36.2 Å². The fourth-order valence-corrected chi connectivity index (χ4v) is 3.14. The molecule has 1 heterocycles. The van der Waals surface area contributed by atoms with Crippen molar-refractivity contribution in [3.63, 3.8) is 0 Å². The van der Waals surface area contributed by atoms with Gasteiger partial charge >= 0.3 is 0 Å². The zero-order valence-electron chi connectivity index (χ0n) is 15.8. The predicted octanol–water partition coefficient (Wildman–Crippen LogP) is 3.92. The largest absolute Gasteiger partial charge is 0.348 e. The molecule has 0 unspecified atom stereocenters. The number of aryl methyl sites for hydroxylation is 1. The van der Waals surface area contributed by atoms with Gasteiger partial charge in [0.15, 0.2) is 5.78 Å². The summed E-state index contributed by atoms with van der Waals surface area (Å²) in [5, 5.41) is 3.42. The highest BCUT2D eigenvalue weighted by molar-refractivity contribution is 6.30. The molecule has 1 aromatic carbocycles. The van der Waals surface area contributed by atoms with Crippen LogP contribution in [0.3, 0.4) is 0 Å². The van der Waals surface area contributed by atoms with Crippen molar-refractivity contribution >= 4 is 29.0 Å². The minimum atomic E-state index is -0.168. The number of nitrogens with zero attached hydrogens (tertiary/aromatic N) is 2. The van der Waals surface area contributed by atoms with Crippen LogP contribution >= 0.6 is 11.6 Å². The summed E-state index contributed by atoms with van der Waals surface area (Å²) in [6.45, 7) is 7.36. The Morgan fingerprint density at radius 2 is 1.81 bits per heavy atom. The Balaban J connectivity index is 1.93. The minimum absolute atomic E-state index is 0.0299. The summed E-state index contributed by atoms with van der Waals surface area (Å²) in [5.74, 6) is -0.138. The summed E-state index contributed by atoms with van der Waals surface area (Å²) in [6.07, 6.45) is 1.02. The molecule has 0 aliphatic heterocycles. The molecule has 0 fully saturated rings. The molecular formula is C20H26ClN3O2. The lowest BCUT2D eigenvalue weighted by molar-refractivity contribution is -0.116. The lowest BCUT2D eigenvalue weighted by atomic mass is 10.1. The fourth-order valence-electron chi connectivity index (χ4n) is 3.02. The summed E-state index contributed by atoms with van der Waals surface area (Å²) >= 11 is 5.83. The molecule has 0 radical (unpaired) electrons. The maximum atomic E-state index is 12.6. The number of Topliss-reactive ketones (excluding diaryl/α,β-unsaturated/α-hetero) is 1. The minimum Gasteiger partial charge on any atom is -0.348 e. The lowest BCUT2D eigenvalue weighted by Gasteiger charge is -2.15. The van der Waals surface area contributed by atoms with Crippen molar-refractivity contribution in [3.8, 4) is 0 Å². The van der Waals surface area contributed by atoms with E-state index >= 15 is 0 Å². The van der Waals surface area contributed by atoms with Gasteiger partial charge in [-0.1, -0.05) is 18.5 Å². The molecule has 0 bridgehead atoms. The van der Waals surface area contributed by atoms with Gasteiger partial charge in [-0.25, -0.2) is 0 Å². The molecule has 140 valence electrons. The van der Waals surface area contributed by atoms with E-state index in [0.717, 1.165) is 29.9 Å². The van der Waals surface area contributed by atoms with E-state index in [2.05, 4.69) is 16.8 Å². The summed E-state index contributed by atoms with van der Waals surface area (Å²) in [7, 11) is 1.77. The Hall–Kier alpha value is -2.11. The third-order valence-electron chi connectivity index (χ3n) is 4.28. The maximum absolute atomic E-state index is 12.6. The van der Waals surface area contributed by atoms with E-state index < -0.39 is 0 Å². The van der Waals surface area contributed by atoms with Crippen LogP contribution in [0, 0.1) is 13.8 Å². The van der Waals surface area contributed by atoms with Gasteiger partial charge in [0.25, 0.3) is 0 Å². The molecule has 6 heteroatoms. The number of halogens is 1. The second-order valence-corrected chi connectivity index (χ2v) is 7.02. The summed E-state index contributed by atoms with van der Waals surface area (Å²) in [6, 6.07) is 8.86. The van der Waals surface area contributed by atoms with Crippen molar-refractivity contribution in [1.82, 2.24) is 9.47 Å². The Morgan fingerprint density at radius 1 is 1.15 bits per heavy atom. The molecule has 0 aliphatic rings. The second-order valence-electron chi connectivity index (χ2n) is 6.59. The number of nitrogens with one attached hydrogen (secondary N) is 1. The zero-order valence-corrected chi connectivity index (χ0v) is 16.6. The molecule has 1 N–H and O–H groups in total. The molecule has 1 amide bonds. The predicted molar refractivity (Wildman–Crippen MR) is 106 cm³/mol. The van der Waals surface area contributed by atoms with Crippen LogP contribution in [-0.4, -0.2) is 41.3 Å². The molecule has 1 aromatic heterocycles. The van der Waals surface area contributed by atoms with E-state index in [1.165, 1.54) is 0 Å².